The summed E-state index contributed by atoms with van der Waals surface area (Å²) in [5, 5.41) is 22.9. The second kappa shape index (κ2) is 6.46. The number of nitrogens with one attached hydrogen (secondary N) is 1. The normalized spacial score (nSPS) is 19.6. The predicted molar refractivity (Wildman–Crippen MR) is 63.9 cm³/mol. The summed E-state index contributed by atoms with van der Waals surface area (Å²) in [4.78, 5) is 0. The highest BCUT2D eigenvalue weighted by molar-refractivity contribution is 4.79. The van der Waals surface area contributed by atoms with Crippen LogP contribution in [-0.2, 0) is 0 Å². The van der Waals surface area contributed by atoms with Crippen molar-refractivity contribution >= 4 is 0 Å². The molecule has 15 heavy (non-hydrogen) atoms. The van der Waals surface area contributed by atoms with Gasteiger partial charge in [0.25, 0.3) is 0 Å². The Morgan fingerprint density at radius 1 is 0.867 bits per heavy atom. The molecule has 0 aliphatic heterocycles. The van der Waals surface area contributed by atoms with Crippen LogP contribution in [0.4, 0.5) is 0 Å². The van der Waals surface area contributed by atoms with Gasteiger partial charge < -0.3 is 15.5 Å². The molecule has 0 saturated heterocycles. The van der Waals surface area contributed by atoms with E-state index < -0.39 is 11.2 Å². The van der Waals surface area contributed by atoms with Gasteiger partial charge in [-0.2, -0.15) is 0 Å². The fourth-order valence-electron chi connectivity index (χ4n) is 1.86. The topological polar surface area (TPSA) is 52.5 Å². The minimum Gasteiger partial charge on any atom is -0.389 e. The first-order valence-corrected chi connectivity index (χ1v) is 5.98. The Labute approximate surface area is 93.9 Å². The molecule has 2 atom stereocenters. The summed E-state index contributed by atoms with van der Waals surface area (Å²) in [5.74, 6) is 0. The lowest BCUT2D eigenvalue weighted by Gasteiger charge is -2.27. The molecule has 92 valence electrons. The summed E-state index contributed by atoms with van der Waals surface area (Å²) < 4.78 is 0. The quantitative estimate of drug-likeness (QED) is 0.580. The van der Waals surface area contributed by atoms with Crippen molar-refractivity contribution in [2.45, 2.75) is 64.6 Å². The Balaban J connectivity index is 3.77. The van der Waals surface area contributed by atoms with E-state index in [0.29, 0.717) is 13.1 Å². The first-order chi connectivity index (χ1) is 6.83. The Hall–Kier alpha value is -0.120. The number of aliphatic hydroxyl groups is 2. The second-order valence-electron chi connectivity index (χ2n) is 5.10. The van der Waals surface area contributed by atoms with E-state index in [9.17, 15) is 10.2 Å². The molecule has 3 heteroatoms. The monoisotopic (exact) mass is 217 g/mol. The summed E-state index contributed by atoms with van der Waals surface area (Å²) >= 11 is 0. The molecule has 0 rings (SSSR count). The molecular formula is C12H27NO2. The van der Waals surface area contributed by atoms with Crippen molar-refractivity contribution in [3.8, 4) is 0 Å². The van der Waals surface area contributed by atoms with Gasteiger partial charge in [0.1, 0.15) is 0 Å². The molecule has 0 unspecified atom stereocenters. The lowest BCUT2D eigenvalue weighted by atomic mass is 9.98. The van der Waals surface area contributed by atoms with Gasteiger partial charge in [0.05, 0.1) is 11.2 Å². The molecule has 0 spiro atoms. The van der Waals surface area contributed by atoms with Crippen molar-refractivity contribution in [3.05, 3.63) is 0 Å². The van der Waals surface area contributed by atoms with E-state index in [0.717, 1.165) is 25.7 Å². The molecule has 0 bridgehead atoms. The molecule has 0 heterocycles. The second-order valence-corrected chi connectivity index (χ2v) is 5.10. The van der Waals surface area contributed by atoms with Crippen LogP contribution in [0.2, 0.25) is 0 Å². The molecule has 0 aromatic carbocycles. The summed E-state index contributed by atoms with van der Waals surface area (Å²) in [6.45, 7) is 8.86. The lowest BCUT2D eigenvalue weighted by Crippen LogP contribution is -2.44. The molecular weight excluding hydrogens is 190 g/mol. The average Bonchev–Trinajstić information content (AvgIpc) is 2.02. The number of rotatable bonds is 8. The average molecular weight is 217 g/mol. The van der Waals surface area contributed by atoms with Crippen molar-refractivity contribution in [1.29, 1.82) is 0 Å². The molecule has 0 aliphatic carbocycles. The van der Waals surface area contributed by atoms with Crippen molar-refractivity contribution in [3.63, 3.8) is 0 Å². The molecule has 0 amide bonds. The van der Waals surface area contributed by atoms with Gasteiger partial charge in [-0.25, -0.2) is 0 Å². The molecule has 3 N–H and O–H groups in total. The molecule has 0 fully saturated rings. The standard InChI is InChI=1S/C12H27NO2/c1-5-7-11(3,14)9-13-10-12(4,15)8-6-2/h13-15H,5-10H2,1-4H3/t11-,12-/m1/s1. The summed E-state index contributed by atoms with van der Waals surface area (Å²) in [6.07, 6.45) is 3.52. The van der Waals surface area contributed by atoms with Crippen LogP contribution in [-0.4, -0.2) is 34.5 Å². The Morgan fingerprint density at radius 3 is 1.47 bits per heavy atom. The minimum absolute atomic E-state index is 0.542. The van der Waals surface area contributed by atoms with Gasteiger partial charge in [-0.15, -0.1) is 0 Å². The third-order valence-corrected chi connectivity index (χ3v) is 2.59. The molecule has 0 saturated carbocycles. The zero-order chi connectivity index (χ0) is 11.9. The largest absolute Gasteiger partial charge is 0.389 e. The molecule has 0 aliphatic rings. The maximum Gasteiger partial charge on any atom is 0.0743 e. The summed E-state index contributed by atoms with van der Waals surface area (Å²) in [7, 11) is 0. The number of hydrogen-bond acceptors (Lipinski definition) is 3. The highest BCUT2D eigenvalue weighted by atomic mass is 16.3. The molecule has 0 aromatic rings. The fourth-order valence-corrected chi connectivity index (χ4v) is 1.86. The van der Waals surface area contributed by atoms with E-state index >= 15 is 0 Å². The van der Waals surface area contributed by atoms with Crippen LogP contribution in [0, 0.1) is 0 Å². The van der Waals surface area contributed by atoms with Crippen LogP contribution in [0.5, 0.6) is 0 Å². The molecule has 3 nitrogen and oxygen atoms in total. The van der Waals surface area contributed by atoms with Gasteiger partial charge in [0.2, 0.25) is 0 Å². The number of hydrogen-bond donors (Lipinski definition) is 3. The van der Waals surface area contributed by atoms with Crippen molar-refractivity contribution in [1.82, 2.24) is 5.32 Å². The van der Waals surface area contributed by atoms with E-state index in [1.807, 2.05) is 13.8 Å². The van der Waals surface area contributed by atoms with Gasteiger partial charge in [-0.3, -0.25) is 0 Å². The Kier molecular flexibility index (Phi) is 6.41. The first-order valence-electron chi connectivity index (χ1n) is 5.98. The van der Waals surface area contributed by atoms with Crippen LogP contribution < -0.4 is 5.32 Å². The van der Waals surface area contributed by atoms with Crippen LogP contribution in [0.1, 0.15) is 53.4 Å². The smallest absolute Gasteiger partial charge is 0.0743 e. The van der Waals surface area contributed by atoms with Crippen molar-refractivity contribution in [2.75, 3.05) is 13.1 Å². The third-order valence-electron chi connectivity index (χ3n) is 2.59. The molecule has 0 aromatic heterocycles. The highest BCUT2D eigenvalue weighted by Gasteiger charge is 2.22. The van der Waals surface area contributed by atoms with E-state index in [1.165, 1.54) is 0 Å². The zero-order valence-corrected chi connectivity index (χ0v) is 10.6. The van der Waals surface area contributed by atoms with E-state index in [1.54, 1.807) is 0 Å². The Bertz CT molecular complexity index is 149. The van der Waals surface area contributed by atoms with Crippen molar-refractivity contribution < 1.29 is 10.2 Å². The zero-order valence-electron chi connectivity index (χ0n) is 10.6. The van der Waals surface area contributed by atoms with Crippen LogP contribution in [0.15, 0.2) is 0 Å². The predicted octanol–water partition coefficient (Wildman–Crippen LogP) is 1.68. The van der Waals surface area contributed by atoms with Gasteiger partial charge in [0, 0.05) is 13.1 Å². The fraction of sp³-hybridized carbons (Fsp3) is 1.00. The minimum atomic E-state index is -0.656. The van der Waals surface area contributed by atoms with E-state index in [2.05, 4.69) is 19.2 Å². The van der Waals surface area contributed by atoms with Crippen LogP contribution >= 0.6 is 0 Å². The summed E-state index contributed by atoms with van der Waals surface area (Å²) in [6, 6.07) is 0. The summed E-state index contributed by atoms with van der Waals surface area (Å²) in [5.41, 5.74) is -1.31. The van der Waals surface area contributed by atoms with Gasteiger partial charge in [0.15, 0.2) is 0 Å². The van der Waals surface area contributed by atoms with Crippen LogP contribution in [0.3, 0.4) is 0 Å². The molecule has 0 radical (unpaired) electrons. The Morgan fingerprint density at radius 2 is 1.20 bits per heavy atom. The van der Waals surface area contributed by atoms with Gasteiger partial charge in [-0.1, -0.05) is 26.7 Å². The van der Waals surface area contributed by atoms with Gasteiger partial charge >= 0.3 is 0 Å². The van der Waals surface area contributed by atoms with Crippen molar-refractivity contribution in [2.24, 2.45) is 0 Å². The maximum absolute atomic E-state index is 9.90. The first kappa shape index (κ1) is 14.9. The van der Waals surface area contributed by atoms with E-state index in [4.69, 9.17) is 0 Å². The van der Waals surface area contributed by atoms with Gasteiger partial charge in [-0.05, 0) is 26.7 Å². The lowest BCUT2D eigenvalue weighted by molar-refractivity contribution is 0.0248. The SMILES string of the molecule is CCC[C@@](C)(O)CNC[C@](C)(O)CCC. The third kappa shape index (κ3) is 7.77. The van der Waals surface area contributed by atoms with Crippen LogP contribution in [0.25, 0.3) is 0 Å². The maximum atomic E-state index is 9.90. The van der Waals surface area contributed by atoms with E-state index in [-0.39, 0.29) is 0 Å². The highest BCUT2D eigenvalue weighted by Crippen LogP contribution is 2.13.